The second kappa shape index (κ2) is 15.8. The Labute approximate surface area is 253 Å². The van der Waals surface area contributed by atoms with Gasteiger partial charge in [-0.2, -0.15) is 0 Å². The number of rotatable bonds is 18. The molecule has 0 saturated heterocycles. The van der Waals surface area contributed by atoms with E-state index < -0.39 is 0 Å². The fourth-order valence-electron chi connectivity index (χ4n) is 6.11. The summed E-state index contributed by atoms with van der Waals surface area (Å²) in [6.07, 6.45) is 12.8. The summed E-state index contributed by atoms with van der Waals surface area (Å²) in [5.41, 5.74) is 6.55. The molecule has 0 N–H and O–H groups in total. The van der Waals surface area contributed by atoms with Gasteiger partial charge in [-0.3, -0.25) is 4.79 Å². The summed E-state index contributed by atoms with van der Waals surface area (Å²) >= 11 is 0. The molecule has 4 nitrogen and oxygen atoms in total. The van der Waals surface area contributed by atoms with E-state index in [1.54, 1.807) is 22.6 Å². The van der Waals surface area contributed by atoms with Gasteiger partial charge in [0.2, 0.25) is 0 Å². The monoisotopic (exact) mass is 564 g/mol. The van der Waals surface area contributed by atoms with Gasteiger partial charge in [0.05, 0.1) is 34.2 Å². The number of amides is 1. The predicted octanol–water partition coefficient (Wildman–Crippen LogP) is 8.04. The number of nitrogens with zero attached hydrogens (tertiary/aromatic N) is 3. The van der Waals surface area contributed by atoms with Gasteiger partial charge in [0.15, 0.2) is 0 Å². The molecule has 230 valence electrons. The van der Waals surface area contributed by atoms with Crippen molar-refractivity contribution in [1.29, 1.82) is 0 Å². The Bertz CT molecular complexity index is 1020. The first-order chi connectivity index (χ1) is 19.1. The van der Waals surface area contributed by atoms with E-state index in [2.05, 4.69) is 98.9 Å². The molecule has 0 radical (unpaired) electrons. The Morgan fingerprint density at radius 2 is 1.71 bits per heavy atom. The summed E-state index contributed by atoms with van der Waals surface area (Å²) in [6, 6.07) is 7.29. The Hall–Kier alpha value is -2.33. The van der Waals surface area contributed by atoms with Crippen LogP contribution in [-0.2, 0) is 24.1 Å². The van der Waals surface area contributed by atoms with Crippen LogP contribution in [0, 0.1) is 17.3 Å². The van der Waals surface area contributed by atoms with Gasteiger partial charge in [0.25, 0.3) is 5.91 Å². The van der Waals surface area contributed by atoms with Gasteiger partial charge in [-0.1, -0.05) is 85.7 Å². The Morgan fingerprint density at radius 1 is 1.02 bits per heavy atom. The second-order valence-corrected chi connectivity index (χ2v) is 15.1. The van der Waals surface area contributed by atoms with E-state index in [1.807, 2.05) is 0 Å². The van der Waals surface area contributed by atoms with Crippen molar-refractivity contribution < 1.29 is 9.28 Å². The zero-order valence-corrected chi connectivity index (χ0v) is 28.2. The lowest BCUT2D eigenvalue weighted by Gasteiger charge is -2.31. The molecule has 0 bridgehead atoms. The molecule has 1 aliphatic heterocycles. The summed E-state index contributed by atoms with van der Waals surface area (Å²) in [5.74, 6) is 1.50. The van der Waals surface area contributed by atoms with E-state index in [0.29, 0.717) is 12.5 Å². The van der Waals surface area contributed by atoms with Crippen molar-refractivity contribution in [1.82, 2.24) is 9.80 Å². The summed E-state index contributed by atoms with van der Waals surface area (Å²) in [5, 5.41) is 0. The van der Waals surface area contributed by atoms with Gasteiger partial charge in [-0.25, -0.2) is 0 Å². The number of benzene rings is 1. The second-order valence-electron chi connectivity index (χ2n) is 15.1. The predicted molar refractivity (Wildman–Crippen MR) is 178 cm³/mol. The fourth-order valence-corrected chi connectivity index (χ4v) is 6.11. The van der Waals surface area contributed by atoms with E-state index in [9.17, 15) is 4.79 Å². The molecule has 41 heavy (non-hydrogen) atoms. The molecule has 2 atom stereocenters. The van der Waals surface area contributed by atoms with Gasteiger partial charge in [-0.05, 0) is 72.1 Å². The van der Waals surface area contributed by atoms with Crippen molar-refractivity contribution in [3.05, 3.63) is 71.6 Å². The number of quaternary nitrogens is 1. The third-order valence-corrected chi connectivity index (χ3v) is 8.12. The molecule has 0 fully saturated rings. The van der Waals surface area contributed by atoms with Crippen LogP contribution in [-0.4, -0.2) is 67.5 Å². The zero-order chi connectivity index (χ0) is 30.8. The van der Waals surface area contributed by atoms with Gasteiger partial charge >= 0.3 is 0 Å². The van der Waals surface area contributed by atoms with E-state index >= 15 is 0 Å². The molecule has 2 rings (SSSR count). The third-order valence-electron chi connectivity index (χ3n) is 8.12. The number of allylic oxidation sites excluding steroid dienone is 1. The summed E-state index contributed by atoms with van der Waals surface area (Å²) in [7, 11) is 6.72. The van der Waals surface area contributed by atoms with Crippen LogP contribution < -0.4 is 0 Å². The highest BCUT2D eigenvalue weighted by Gasteiger charge is 2.22. The molecule has 1 heterocycles. The largest absolute Gasteiger partial charge is 0.374 e. The lowest BCUT2D eigenvalue weighted by Crippen LogP contribution is -2.39. The van der Waals surface area contributed by atoms with Gasteiger partial charge in [0, 0.05) is 37.0 Å². The van der Waals surface area contributed by atoms with E-state index in [4.69, 9.17) is 0 Å². The molecular formula is C37H62N3O+. The van der Waals surface area contributed by atoms with Crippen molar-refractivity contribution in [3.8, 4) is 0 Å². The summed E-state index contributed by atoms with van der Waals surface area (Å²) in [4.78, 5) is 16.5. The van der Waals surface area contributed by atoms with Crippen LogP contribution in [0.4, 0.5) is 0 Å². The van der Waals surface area contributed by atoms with Crippen LogP contribution in [0.1, 0.15) is 90.3 Å². The van der Waals surface area contributed by atoms with Crippen LogP contribution in [0.3, 0.4) is 0 Å². The van der Waals surface area contributed by atoms with E-state index in [-0.39, 0.29) is 11.3 Å². The third kappa shape index (κ3) is 13.0. The first kappa shape index (κ1) is 34.9. The van der Waals surface area contributed by atoms with Crippen molar-refractivity contribution in [3.63, 3.8) is 0 Å². The maximum atomic E-state index is 12.3. The van der Waals surface area contributed by atoms with Gasteiger partial charge in [0.1, 0.15) is 0 Å². The quantitative estimate of drug-likeness (QED) is 0.169. The zero-order valence-electron chi connectivity index (χ0n) is 28.2. The number of hydrogen-bond donors (Lipinski definition) is 0. The highest BCUT2D eigenvalue weighted by molar-refractivity contribution is 5.93. The number of carbonyl (C=O) groups excluding carboxylic acids is 1. The molecule has 1 aromatic rings. The molecule has 0 saturated carbocycles. The number of hydrogen-bond acceptors (Lipinski definition) is 2. The highest BCUT2D eigenvalue weighted by atomic mass is 16.2. The normalized spacial score (nSPS) is 15.5. The lowest BCUT2D eigenvalue weighted by molar-refractivity contribution is -0.870. The molecule has 2 unspecified atom stereocenters. The molecular weight excluding hydrogens is 502 g/mol. The van der Waals surface area contributed by atoms with Gasteiger partial charge in [-0.15, -0.1) is 0 Å². The summed E-state index contributed by atoms with van der Waals surface area (Å²) < 4.78 is 0.949. The van der Waals surface area contributed by atoms with Crippen LogP contribution in [0.5, 0.6) is 0 Å². The minimum atomic E-state index is 0.00338. The lowest BCUT2D eigenvalue weighted by atomic mass is 9.82. The van der Waals surface area contributed by atoms with Crippen molar-refractivity contribution in [2.45, 2.75) is 92.9 Å². The SMILES string of the molecule is C=C(CN1C(=C)C=CC1=O)N(CCCc1ccc(CC(C)(C)C)c(CC(C)CC(C)CCC)c1)CCC[N+](C)(C)C. The number of aryl methyl sites for hydroxylation is 1. The number of carbonyl (C=O) groups is 1. The standard InChI is InChI=1S/C37H62N3O/c1-12-15-29(2)24-30(3)25-35-26-33(18-19-34(35)27-37(6,7)8)16-13-21-38(22-14-23-40(9,10)11)32(5)28-39-31(4)17-20-36(39)41/h17-20,26,29-30H,4-5,12-16,21-25,27-28H2,1-3,6-11H3/q+1. The van der Waals surface area contributed by atoms with Gasteiger partial charge < -0.3 is 14.3 Å². The van der Waals surface area contributed by atoms with Crippen LogP contribution >= 0.6 is 0 Å². The van der Waals surface area contributed by atoms with Crippen LogP contribution in [0.2, 0.25) is 0 Å². The topological polar surface area (TPSA) is 23.6 Å². The Balaban J connectivity index is 2.11. The maximum absolute atomic E-state index is 12.3. The molecule has 0 spiro atoms. The molecule has 0 aromatic heterocycles. The molecule has 1 aromatic carbocycles. The van der Waals surface area contributed by atoms with Crippen LogP contribution in [0.15, 0.2) is 54.9 Å². The van der Waals surface area contributed by atoms with E-state index in [0.717, 1.165) is 67.1 Å². The highest BCUT2D eigenvalue weighted by Crippen LogP contribution is 2.28. The van der Waals surface area contributed by atoms with E-state index in [1.165, 1.54) is 36.8 Å². The van der Waals surface area contributed by atoms with Crippen molar-refractivity contribution in [2.75, 3.05) is 47.3 Å². The average molecular weight is 565 g/mol. The van der Waals surface area contributed by atoms with Crippen molar-refractivity contribution >= 4 is 5.91 Å². The minimum absolute atomic E-state index is 0.00338. The fraction of sp³-hybridized carbons (Fsp3) is 0.649. The molecule has 1 amide bonds. The smallest absolute Gasteiger partial charge is 0.251 e. The molecule has 1 aliphatic rings. The molecule has 0 aliphatic carbocycles. The van der Waals surface area contributed by atoms with Crippen molar-refractivity contribution in [2.24, 2.45) is 17.3 Å². The molecule has 4 heteroatoms. The van der Waals surface area contributed by atoms with Crippen LogP contribution in [0.25, 0.3) is 0 Å². The Morgan fingerprint density at radius 3 is 2.29 bits per heavy atom. The first-order valence-electron chi connectivity index (χ1n) is 16.1. The Kier molecular flexibility index (Phi) is 13.4. The average Bonchev–Trinajstić information content (AvgIpc) is 3.15. The maximum Gasteiger partial charge on any atom is 0.251 e. The summed E-state index contributed by atoms with van der Waals surface area (Å²) in [6.45, 7) is 26.2. The first-order valence-corrected chi connectivity index (χ1v) is 16.1. The minimum Gasteiger partial charge on any atom is -0.374 e.